The fraction of sp³-hybridized carbons (Fsp3) is 0.286. The molecule has 0 saturated carbocycles. The van der Waals surface area contributed by atoms with Gasteiger partial charge in [-0.1, -0.05) is 6.08 Å². The van der Waals surface area contributed by atoms with Gasteiger partial charge in [-0.2, -0.15) is 5.10 Å². The van der Waals surface area contributed by atoms with Gasteiger partial charge in [0, 0.05) is 17.6 Å². The quantitative estimate of drug-likeness (QED) is 0.397. The third kappa shape index (κ3) is 1.51. The minimum Gasteiger partial charge on any atom is -0.320 e. The van der Waals surface area contributed by atoms with Crippen LogP contribution in [0.1, 0.15) is 5.69 Å². The zero-order valence-electron chi connectivity index (χ0n) is 6.45. The van der Waals surface area contributed by atoms with E-state index in [4.69, 9.17) is 5.84 Å². The first-order valence-corrected chi connectivity index (χ1v) is 4.17. The topological polar surface area (TPSA) is 43.3 Å². The van der Waals surface area contributed by atoms with Gasteiger partial charge in [0.1, 0.15) is 0 Å². The third-order valence-electron chi connectivity index (χ3n) is 1.41. The van der Waals surface area contributed by atoms with Crippen LogP contribution in [0.15, 0.2) is 23.1 Å². The maximum absolute atomic E-state index is 5.17. The van der Waals surface area contributed by atoms with Gasteiger partial charge in [0.25, 0.3) is 0 Å². The molecule has 1 rings (SSSR count). The van der Waals surface area contributed by atoms with Crippen LogP contribution < -0.4 is 10.6 Å². The normalized spacial score (nSPS) is 11.9. The van der Waals surface area contributed by atoms with Crippen molar-refractivity contribution >= 4 is 11.3 Å². The van der Waals surface area contributed by atoms with E-state index in [1.807, 2.05) is 22.9 Å². The first-order chi connectivity index (χ1) is 5.29. The minimum absolute atomic E-state index is 0.769. The van der Waals surface area contributed by atoms with Gasteiger partial charge in [0.05, 0.1) is 0 Å². The molecule has 0 amide bonds. The van der Waals surface area contributed by atoms with Crippen LogP contribution in [0, 0.1) is 6.92 Å². The van der Waals surface area contributed by atoms with Gasteiger partial charge in [-0.3, -0.25) is 0 Å². The number of rotatable bonds is 2. The van der Waals surface area contributed by atoms with Crippen LogP contribution >= 0.6 is 11.3 Å². The summed E-state index contributed by atoms with van der Waals surface area (Å²) >= 11 is 1.54. The van der Waals surface area contributed by atoms with Crippen molar-refractivity contribution in [2.75, 3.05) is 0 Å². The van der Waals surface area contributed by atoms with Crippen molar-refractivity contribution in [3.63, 3.8) is 0 Å². The highest BCUT2D eigenvalue weighted by molar-refractivity contribution is 7.07. The Morgan fingerprint density at radius 3 is 3.18 bits per heavy atom. The Hall–Kier alpha value is -1.03. The van der Waals surface area contributed by atoms with Gasteiger partial charge in [0.15, 0.2) is 0 Å². The van der Waals surface area contributed by atoms with Crippen LogP contribution in [0.25, 0.3) is 0 Å². The molecule has 0 aliphatic carbocycles. The van der Waals surface area contributed by atoms with Crippen molar-refractivity contribution in [1.29, 1.82) is 0 Å². The number of hydrogen-bond acceptors (Lipinski definition) is 3. The Morgan fingerprint density at radius 1 is 1.91 bits per heavy atom. The fourth-order valence-electron chi connectivity index (χ4n) is 0.867. The monoisotopic (exact) mass is 169 g/mol. The van der Waals surface area contributed by atoms with Crippen molar-refractivity contribution in [3.8, 4) is 0 Å². The number of nitrogens with zero attached hydrogens (tertiary/aromatic N) is 2. The van der Waals surface area contributed by atoms with Crippen LogP contribution in [0.3, 0.4) is 0 Å². The smallest absolute Gasteiger partial charge is 0.207 e. The van der Waals surface area contributed by atoms with Crippen molar-refractivity contribution < 1.29 is 0 Å². The lowest BCUT2D eigenvalue weighted by Gasteiger charge is -1.98. The molecule has 1 aromatic rings. The Balaban J connectivity index is 3.18. The maximum atomic E-state index is 5.17. The summed E-state index contributed by atoms with van der Waals surface area (Å²) in [6.45, 7) is 6.45. The summed E-state index contributed by atoms with van der Waals surface area (Å²) < 4.78 is 2.01. The van der Waals surface area contributed by atoms with Crippen LogP contribution in [-0.2, 0) is 6.54 Å². The molecular weight excluding hydrogens is 158 g/mol. The van der Waals surface area contributed by atoms with Crippen LogP contribution in [0.5, 0.6) is 0 Å². The van der Waals surface area contributed by atoms with Crippen molar-refractivity contribution in [1.82, 2.24) is 4.57 Å². The SMILES string of the molecule is C=CCn1c(C)csc1=NN. The summed E-state index contributed by atoms with van der Waals surface area (Å²) in [5.41, 5.74) is 1.17. The zero-order chi connectivity index (χ0) is 8.27. The van der Waals surface area contributed by atoms with E-state index in [1.54, 1.807) is 0 Å². The summed E-state index contributed by atoms with van der Waals surface area (Å²) in [6, 6.07) is 0. The Bertz CT molecular complexity index is 308. The molecule has 0 aliphatic rings. The standard InChI is InChI=1S/C7H11N3S/c1-3-4-10-6(2)5-11-7(10)9-8/h3,5H,1,4,8H2,2H3. The molecule has 1 aromatic heterocycles. The van der Waals surface area contributed by atoms with Crippen molar-refractivity contribution in [3.05, 3.63) is 28.5 Å². The minimum atomic E-state index is 0.769. The number of thiazole rings is 1. The van der Waals surface area contributed by atoms with Gasteiger partial charge in [-0.25, -0.2) is 0 Å². The largest absolute Gasteiger partial charge is 0.320 e. The molecule has 0 fully saturated rings. The summed E-state index contributed by atoms with van der Waals surface area (Å²) in [5, 5.41) is 5.67. The molecule has 4 heteroatoms. The second-order valence-corrected chi connectivity index (χ2v) is 3.02. The lowest BCUT2D eigenvalue weighted by molar-refractivity contribution is 0.751. The number of aryl methyl sites for hydroxylation is 1. The summed E-state index contributed by atoms with van der Waals surface area (Å²) in [4.78, 5) is 0.836. The molecule has 0 aliphatic heterocycles. The molecule has 60 valence electrons. The number of allylic oxidation sites excluding steroid dienone is 1. The molecule has 0 bridgehead atoms. The van der Waals surface area contributed by atoms with Crippen LogP contribution in [-0.4, -0.2) is 4.57 Å². The average molecular weight is 169 g/mol. The lowest BCUT2D eigenvalue weighted by atomic mass is 10.5. The molecule has 0 unspecified atom stereocenters. The predicted octanol–water partition coefficient (Wildman–Crippen LogP) is 0.818. The number of nitrogens with two attached hydrogens (primary N) is 1. The first-order valence-electron chi connectivity index (χ1n) is 3.29. The van der Waals surface area contributed by atoms with E-state index >= 15 is 0 Å². The molecule has 0 spiro atoms. The highest BCUT2D eigenvalue weighted by atomic mass is 32.1. The van der Waals surface area contributed by atoms with E-state index in [2.05, 4.69) is 11.7 Å². The van der Waals surface area contributed by atoms with Gasteiger partial charge in [-0.15, -0.1) is 17.9 Å². The molecule has 0 radical (unpaired) electrons. The van der Waals surface area contributed by atoms with Crippen molar-refractivity contribution in [2.24, 2.45) is 10.9 Å². The fourth-order valence-corrected chi connectivity index (χ4v) is 1.68. The van der Waals surface area contributed by atoms with E-state index in [9.17, 15) is 0 Å². The summed E-state index contributed by atoms with van der Waals surface area (Å²) in [6.07, 6.45) is 1.83. The van der Waals surface area contributed by atoms with E-state index in [-0.39, 0.29) is 0 Å². The lowest BCUT2D eigenvalue weighted by Crippen LogP contribution is -2.16. The number of hydrogen-bond donors (Lipinski definition) is 1. The second kappa shape index (κ2) is 3.39. The van der Waals surface area contributed by atoms with Gasteiger partial charge < -0.3 is 10.4 Å². The summed E-state index contributed by atoms with van der Waals surface area (Å²) in [5.74, 6) is 5.17. The zero-order valence-corrected chi connectivity index (χ0v) is 7.27. The molecule has 0 saturated heterocycles. The Labute approximate surface area is 69.5 Å². The summed E-state index contributed by atoms with van der Waals surface area (Å²) in [7, 11) is 0. The Morgan fingerprint density at radius 2 is 2.64 bits per heavy atom. The van der Waals surface area contributed by atoms with Crippen LogP contribution in [0.2, 0.25) is 0 Å². The number of aromatic nitrogens is 1. The van der Waals surface area contributed by atoms with E-state index in [0.29, 0.717) is 0 Å². The molecule has 3 nitrogen and oxygen atoms in total. The molecule has 0 aromatic carbocycles. The molecule has 1 heterocycles. The highest BCUT2D eigenvalue weighted by Crippen LogP contribution is 1.98. The predicted molar refractivity (Wildman–Crippen MR) is 47.0 cm³/mol. The first kappa shape index (κ1) is 8.07. The van der Waals surface area contributed by atoms with Gasteiger partial charge >= 0.3 is 0 Å². The van der Waals surface area contributed by atoms with Crippen molar-refractivity contribution in [2.45, 2.75) is 13.5 Å². The Kier molecular flexibility index (Phi) is 2.48. The molecular formula is C7H11N3S. The van der Waals surface area contributed by atoms with E-state index in [1.165, 1.54) is 17.0 Å². The highest BCUT2D eigenvalue weighted by Gasteiger charge is 1.96. The van der Waals surface area contributed by atoms with E-state index in [0.717, 1.165) is 11.3 Å². The third-order valence-corrected chi connectivity index (χ3v) is 2.41. The molecule has 2 N–H and O–H groups in total. The van der Waals surface area contributed by atoms with Gasteiger partial charge in [0.2, 0.25) is 4.80 Å². The molecule has 11 heavy (non-hydrogen) atoms. The molecule has 0 atom stereocenters. The average Bonchev–Trinajstić information content (AvgIpc) is 2.34. The maximum Gasteiger partial charge on any atom is 0.207 e. The van der Waals surface area contributed by atoms with Crippen LogP contribution in [0.4, 0.5) is 0 Å². The van der Waals surface area contributed by atoms with Gasteiger partial charge in [-0.05, 0) is 6.92 Å². The second-order valence-electron chi connectivity index (χ2n) is 2.19. The van der Waals surface area contributed by atoms with E-state index < -0.39 is 0 Å².